The fourth-order valence-electron chi connectivity index (χ4n) is 4.93. The molecule has 1 atom stereocenters. The third-order valence-corrected chi connectivity index (χ3v) is 8.33. The van der Waals surface area contributed by atoms with Crippen molar-refractivity contribution in [2.45, 2.75) is 31.3 Å². The summed E-state index contributed by atoms with van der Waals surface area (Å²) in [6, 6.07) is 6.27. The van der Waals surface area contributed by atoms with E-state index in [1.54, 1.807) is 13.0 Å². The summed E-state index contributed by atoms with van der Waals surface area (Å²) in [5, 5.41) is 14.1. The van der Waals surface area contributed by atoms with Crippen LogP contribution in [-0.2, 0) is 16.3 Å². The molecule has 2 amide bonds. The van der Waals surface area contributed by atoms with Crippen LogP contribution in [0.25, 0.3) is 22.2 Å². The Hall–Kier alpha value is -4.07. The molecule has 0 spiro atoms. The molecule has 0 saturated heterocycles. The van der Waals surface area contributed by atoms with Gasteiger partial charge in [-0.05, 0) is 62.1 Å². The summed E-state index contributed by atoms with van der Waals surface area (Å²) in [6.45, 7) is 1.06. The van der Waals surface area contributed by atoms with Crippen LogP contribution in [0.1, 0.15) is 40.2 Å². The number of primary amides is 1. The Labute approximate surface area is 262 Å². The first kappa shape index (κ1) is 32.3. The van der Waals surface area contributed by atoms with E-state index in [1.165, 1.54) is 19.2 Å². The molecule has 45 heavy (non-hydrogen) atoms. The number of rotatable bonds is 9. The smallest absolute Gasteiger partial charge is 0.352 e. The van der Waals surface area contributed by atoms with Gasteiger partial charge in [0.15, 0.2) is 11.6 Å². The molecule has 1 fully saturated rings. The number of pyridine rings is 2. The van der Waals surface area contributed by atoms with Crippen LogP contribution in [0.3, 0.4) is 0 Å². The van der Waals surface area contributed by atoms with Gasteiger partial charge in [-0.15, -0.1) is 0 Å². The van der Waals surface area contributed by atoms with Gasteiger partial charge in [-0.25, -0.2) is 23.1 Å². The molecule has 0 unspecified atom stereocenters. The van der Waals surface area contributed by atoms with Gasteiger partial charge in [0, 0.05) is 16.5 Å². The number of carbonyl (C=O) groups is 2. The first-order chi connectivity index (χ1) is 21.1. The number of aromatic nitrogens is 2. The Morgan fingerprint density at radius 1 is 1.09 bits per heavy atom. The molecule has 4 aromatic rings. The van der Waals surface area contributed by atoms with E-state index in [4.69, 9.17) is 33.7 Å². The summed E-state index contributed by atoms with van der Waals surface area (Å²) in [4.78, 5) is 33.3. The van der Waals surface area contributed by atoms with Crippen LogP contribution in [0.15, 0.2) is 36.4 Å². The van der Waals surface area contributed by atoms with Gasteiger partial charge in [0.05, 0.1) is 35.6 Å². The molecule has 15 heteroatoms. The summed E-state index contributed by atoms with van der Waals surface area (Å²) >= 11 is 11.8. The highest BCUT2D eigenvalue weighted by atomic mass is 35.5. The maximum Gasteiger partial charge on any atom is 0.352 e. The number of methoxy groups -OCH3 is 1. The van der Waals surface area contributed by atoms with Crippen LogP contribution in [0.5, 0.6) is 5.75 Å². The summed E-state index contributed by atoms with van der Waals surface area (Å²) in [6.07, 6.45) is 0.707. The summed E-state index contributed by atoms with van der Waals surface area (Å²) in [5.41, 5.74) is -0.492. The molecule has 1 saturated carbocycles. The summed E-state index contributed by atoms with van der Waals surface area (Å²) in [5.74, 6) is -12.6. The highest BCUT2D eigenvalue weighted by Gasteiger charge is 2.50. The number of aliphatic hydroxyl groups is 1. The van der Waals surface area contributed by atoms with E-state index < -0.39 is 80.8 Å². The lowest BCUT2D eigenvalue weighted by molar-refractivity contribution is -0.143. The first-order valence-electron chi connectivity index (χ1n) is 13.3. The molecule has 1 aliphatic rings. The van der Waals surface area contributed by atoms with E-state index in [1.807, 2.05) is 0 Å². The number of amides is 2. The minimum Gasteiger partial charge on any atom is -0.494 e. The Morgan fingerprint density at radius 3 is 2.40 bits per heavy atom. The standard InChI is InChI=1S/C30H23Cl2F5N4O4/c1-12-18(31)8-13-7-14(9-20(45-2)25(13)40-12)27(42)39-11-29(44,15-3-4-15)21-10-17(30(36,37)28(38)43)24(35)26(41-21)16-5-6-19(33)22(32)23(16)34/h5-10,15,44H,3-4,11H2,1-2H3,(H2,38,43)(H,39,42)/t29-/m1/s1. The molecule has 2 aromatic carbocycles. The third-order valence-electron chi connectivity index (χ3n) is 7.60. The number of carbonyl (C=O) groups excluding carboxylic acids is 2. The number of hydrogen-bond donors (Lipinski definition) is 3. The lowest BCUT2D eigenvalue weighted by atomic mass is 9.89. The van der Waals surface area contributed by atoms with E-state index in [0.717, 1.165) is 0 Å². The van der Waals surface area contributed by atoms with Gasteiger partial charge in [0.25, 0.3) is 11.8 Å². The largest absolute Gasteiger partial charge is 0.494 e. The Balaban J connectivity index is 1.59. The van der Waals surface area contributed by atoms with Crippen molar-refractivity contribution in [2.24, 2.45) is 11.7 Å². The molecule has 236 valence electrons. The van der Waals surface area contributed by atoms with Crippen LogP contribution < -0.4 is 15.8 Å². The zero-order chi connectivity index (χ0) is 33.0. The number of nitrogens with two attached hydrogens (primary N) is 1. The van der Waals surface area contributed by atoms with E-state index in [9.17, 15) is 32.3 Å². The monoisotopic (exact) mass is 668 g/mol. The van der Waals surface area contributed by atoms with Crippen LogP contribution in [0.2, 0.25) is 10.0 Å². The van der Waals surface area contributed by atoms with Crippen LogP contribution in [0.4, 0.5) is 22.0 Å². The van der Waals surface area contributed by atoms with Gasteiger partial charge in [0.1, 0.15) is 33.4 Å². The van der Waals surface area contributed by atoms with Gasteiger partial charge in [0.2, 0.25) is 0 Å². The van der Waals surface area contributed by atoms with Gasteiger partial charge < -0.3 is 20.9 Å². The Kier molecular flexibility index (Phi) is 8.40. The normalized spacial score (nSPS) is 14.7. The molecular formula is C30H23Cl2F5N4O4. The zero-order valence-electron chi connectivity index (χ0n) is 23.5. The molecule has 5 rings (SSSR count). The zero-order valence-corrected chi connectivity index (χ0v) is 25.0. The number of fused-ring (bicyclic) bond motifs is 1. The Morgan fingerprint density at radius 2 is 1.78 bits per heavy atom. The van der Waals surface area contributed by atoms with Crippen molar-refractivity contribution in [3.8, 4) is 17.0 Å². The number of hydrogen-bond acceptors (Lipinski definition) is 6. The second-order valence-electron chi connectivity index (χ2n) is 10.6. The fourth-order valence-corrected chi connectivity index (χ4v) is 5.25. The minimum atomic E-state index is -4.64. The molecule has 0 radical (unpaired) electrons. The summed E-state index contributed by atoms with van der Waals surface area (Å²) in [7, 11) is 1.38. The maximum absolute atomic E-state index is 15.6. The topological polar surface area (TPSA) is 127 Å². The molecule has 1 aliphatic carbocycles. The number of benzene rings is 2. The van der Waals surface area contributed by atoms with Crippen molar-refractivity contribution in [1.82, 2.24) is 15.3 Å². The van der Waals surface area contributed by atoms with Crippen molar-refractivity contribution in [1.29, 1.82) is 0 Å². The minimum absolute atomic E-state index is 0.0657. The van der Waals surface area contributed by atoms with Crippen molar-refractivity contribution in [3.63, 3.8) is 0 Å². The number of alkyl halides is 2. The quantitative estimate of drug-likeness (QED) is 0.150. The van der Waals surface area contributed by atoms with E-state index in [0.29, 0.717) is 52.7 Å². The van der Waals surface area contributed by atoms with Crippen molar-refractivity contribution in [2.75, 3.05) is 13.7 Å². The molecule has 2 aromatic heterocycles. The first-order valence-corrected chi connectivity index (χ1v) is 14.0. The van der Waals surface area contributed by atoms with Crippen molar-refractivity contribution in [3.05, 3.63) is 86.4 Å². The predicted octanol–water partition coefficient (Wildman–Crippen LogP) is 5.94. The average Bonchev–Trinajstić information content (AvgIpc) is 3.85. The van der Waals surface area contributed by atoms with Crippen molar-refractivity contribution < 1.29 is 41.4 Å². The predicted molar refractivity (Wildman–Crippen MR) is 155 cm³/mol. The lowest BCUT2D eigenvalue weighted by Gasteiger charge is -2.30. The second-order valence-corrected chi connectivity index (χ2v) is 11.4. The molecule has 4 N–H and O–H groups in total. The number of halogens is 7. The summed E-state index contributed by atoms with van der Waals surface area (Å²) < 4.78 is 79.7. The molecule has 2 heterocycles. The SMILES string of the molecule is COc1cc(C(=O)NC[C@](O)(c2cc(C(F)(F)C(N)=O)c(F)c(-c3ccc(F)c(Cl)c3F)n2)C2CC2)cc2cc(Cl)c(C)nc12. The highest BCUT2D eigenvalue weighted by molar-refractivity contribution is 6.32. The number of ether oxygens (including phenoxy) is 1. The number of aryl methyl sites for hydroxylation is 1. The van der Waals surface area contributed by atoms with E-state index >= 15 is 4.39 Å². The van der Waals surface area contributed by atoms with Crippen LogP contribution in [-0.4, -0.2) is 40.5 Å². The molecule has 0 aliphatic heterocycles. The second kappa shape index (κ2) is 11.7. The Bertz CT molecular complexity index is 1890. The van der Waals surface area contributed by atoms with Crippen molar-refractivity contribution >= 4 is 45.9 Å². The van der Waals surface area contributed by atoms with Crippen LogP contribution >= 0.6 is 23.2 Å². The fraction of sp³-hybridized carbons (Fsp3) is 0.267. The van der Waals surface area contributed by atoms with Gasteiger partial charge in [-0.3, -0.25) is 9.59 Å². The van der Waals surface area contributed by atoms with Gasteiger partial charge >= 0.3 is 5.92 Å². The lowest BCUT2D eigenvalue weighted by Crippen LogP contribution is -2.44. The highest BCUT2D eigenvalue weighted by Crippen LogP contribution is 2.47. The van der Waals surface area contributed by atoms with E-state index in [2.05, 4.69) is 15.3 Å². The van der Waals surface area contributed by atoms with Gasteiger partial charge in [-0.1, -0.05) is 23.2 Å². The van der Waals surface area contributed by atoms with E-state index in [-0.39, 0.29) is 11.3 Å². The average molecular weight is 669 g/mol. The molecule has 0 bridgehead atoms. The number of nitrogens with one attached hydrogen (secondary N) is 1. The third kappa shape index (κ3) is 5.75. The van der Waals surface area contributed by atoms with Crippen LogP contribution in [0, 0.1) is 30.3 Å². The molecule has 8 nitrogen and oxygen atoms in total. The maximum atomic E-state index is 15.6. The number of nitrogens with zero attached hydrogens (tertiary/aromatic N) is 2. The molecular weight excluding hydrogens is 646 g/mol. The van der Waals surface area contributed by atoms with Gasteiger partial charge in [-0.2, -0.15) is 8.78 Å².